The number of hydrogen-bond donors (Lipinski definition) is 0. The molecule has 2 aliphatic heterocycles. The van der Waals surface area contributed by atoms with Gasteiger partial charge in [0.1, 0.15) is 11.5 Å². The van der Waals surface area contributed by atoms with Gasteiger partial charge in [0.05, 0.1) is 11.0 Å². The van der Waals surface area contributed by atoms with E-state index in [4.69, 9.17) is 4.74 Å². The molecule has 0 N–H and O–H groups in total. The Kier molecular flexibility index (Phi) is 2.54. The van der Waals surface area contributed by atoms with Crippen LogP contribution in [0.5, 0.6) is 11.5 Å². The summed E-state index contributed by atoms with van der Waals surface area (Å²) in [4.78, 5) is 0. The molecule has 0 atom stereocenters. The molecule has 5 aromatic rings. The van der Waals surface area contributed by atoms with E-state index in [0.29, 0.717) is 0 Å². The van der Waals surface area contributed by atoms with Crippen LogP contribution in [0.15, 0.2) is 78.9 Å². The number of aromatic nitrogens is 1. The lowest BCUT2D eigenvalue weighted by molar-refractivity contribution is 0.488. The van der Waals surface area contributed by atoms with Crippen LogP contribution in [-0.2, 0) is 0 Å². The Morgan fingerprint density at radius 3 is 2.54 bits per heavy atom. The van der Waals surface area contributed by atoms with Crippen LogP contribution in [-0.4, -0.2) is 11.3 Å². The van der Waals surface area contributed by atoms with Gasteiger partial charge in [0.2, 0.25) is 0 Å². The van der Waals surface area contributed by atoms with Crippen molar-refractivity contribution in [3.63, 3.8) is 0 Å². The normalized spacial score (nSPS) is 13.4. The summed E-state index contributed by atoms with van der Waals surface area (Å²) in [5.41, 5.74) is 9.00. The van der Waals surface area contributed by atoms with E-state index in [1.165, 1.54) is 49.4 Å². The van der Waals surface area contributed by atoms with Gasteiger partial charge >= 0.3 is 0 Å². The molecule has 7 rings (SSSR count). The molecule has 0 fully saturated rings. The molecule has 0 spiro atoms. The number of para-hydroxylation sites is 2. The Morgan fingerprint density at radius 2 is 1.57 bits per heavy atom. The number of nitrogens with zero attached hydrogens (tertiary/aromatic N) is 1. The minimum atomic E-state index is 0.204. The first-order valence-corrected chi connectivity index (χ1v) is 9.75. The molecule has 0 aliphatic carbocycles. The molecule has 0 amide bonds. The van der Waals surface area contributed by atoms with Crippen LogP contribution >= 0.6 is 0 Å². The standard InChI is InChI=1S/C25H16BNO/c1-15-10-12-22-19(14-15)26-18-7-3-5-9-21(18)27-20-8-4-2-6-16(20)17-11-13-23(28-22)24(26)25(17)27/h2-14H,1H3. The summed E-state index contributed by atoms with van der Waals surface area (Å²) in [5.74, 6) is 1.95. The van der Waals surface area contributed by atoms with E-state index < -0.39 is 0 Å². The fourth-order valence-corrected chi connectivity index (χ4v) is 5.20. The molecular weight excluding hydrogens is 341 g/mol. The maximum Gasteiger partial charge on any atom is 0.256 e. The minimum Gasteiger partial charge on any atom is -0.458 e. The van der Waals surface area contributed by atoms with Crippen molar-refractivity contribution in [2.45, 2.75) is 6.92 Å². The van der Waals surface area contributed by atoms with Crippen LogP contribution in [0.2, 0.25) is 0 Å². The molecule has 2 aliphatic rings. The lowest BCUT2D eigenvalue weighted by Gasteiger charge is -2.33. The summed E-state index contributed by atoms with van der Waals surface area (Å²) < 4.78 is 8.83. The SMILES string of the molecule is Cc1ccc2c(c1)B1c3ccccc3-n3c4ccccc4c4ccc(c1c43)O2. The fourth-order valence-electron chi connectivity index (χ4n) is 5.20. The minimum absolute atomic E-state index is 0.204. The van der Waals surface area contributed by atoms with E-state index >= 15 is 0 Å². The first-order valence-electron chi connectivity index (χ1n) is 9.75. The highest BCUT2D eigenvalue weighted by Crippen LogP contribution is 2.38. The molecule has 1 aromatic heterocycles. The average Bonchev–Trinajstić information content (AvgIpc) is 3.08. The van der Waals surface area contributed by atoms with Crippen molar-refractivity contribution in [1.29, 1.82) is 0 Å². The monoisotopic (exact) mass is 357 g/mol. The van der Waals surface area contributed by atoms with E-state index in [1.807, 2.05) is 0 Å². The average molecular weight is 357 g/mol. The molecular formula is C25H16BNO. The molecule has 0 radical (unpaired) electrons. The summed E-state index contributed by atoms with van der Waals surface area (Å²) in [5, 5.41) is 2.60. The van der Waals surface area contributed by atoms with Crippen molar-refractivity contribution in [3.05, 3.63) is 84.4 Å². The van der Waals surface area contributed by atoms with Crippen molar-refractivity contribution in [2.24, 2.45) is 0 Å². The maximum absolute atomic E-state index is 6.40. The number of benzene rings is 4. The highest BCUT2D eigenvalue weighted by atomic mass is 16.5. The molecule has 2 nitrogen and oxygen atoms in total. The molecule has 28 heavy (non-hydrogen) atoms. The fraction of sp³-hybridized carbons (Fsp3) is 0.0400. The number of fused-ring (bicyclic) bond motifs is 8. The second-order valence-electron chi connectivity index (χ2n) is 7.86. The van der Waals surface area contributed by atoms with Crippen LogP contribution < -0.4 is 21.1 Å². The summed E-state index contributed by atoms with van der Waals surface area (Å²) >= 11 is 0. The van der Waals surface area contributed by atoms with E-state index in [-0.39, 0.29) is 6.71 Å². The zero-order chi connectivity index (χ0) is 18.4. The Labute approximate surface area is 163 Å². The maximum atomic E-state index is 6.40. The van der Waals surface area contributed by atoms with Crippen molar-refractivity contribution in [1.82, 2.24) is 4.57 Å². The molecule has 0 saturated heterocycles. The molecule has 0 unspecified atom stereocenters. The smallest absolute Gasteiger partial charge is 0.256 e. The number of aryl methyl sites for hydroxylation is 1. The third-order valence-corrected chi connectivity index (χ3v) is 6.31. The molecule has 0 bridgehead atoms. The topological polar surface area (TPSA) is 14.2 Å². The van der Waals surface area contributed by atoms with Gasteiger partial charge in [-0.1, -0.05) is 54.1 Å². The Hall–Kier alpha value is -3.46. The summed E-state index contributed by atoms with van der Waals surface area (Å²) in [6.45, 7) is 2.36. The van der Waals surface area contributed by atoms with Crippen LogP contribution in [0, 0.1) is 6.92 Å². The molecule has 3 heterocycles. The highest BCUT2D eigenvalue weighted by molar-refractivity contribution is 6.99. The van der Waals surface area contributed by atoms with Gasteiger partial charge in [-0.05, 0) is 53.6 Å². The third kappa shape index (κ3) is 1.61. The molecule has 0 saturated carbocycles. The van der Waals surface area contributed by atoms with Crippen molar-refractivity contribution in [2.75, 3.05) is 0 Å². The quantitative estimate of drug-likeness (QED) is 0.374. The molecule has 3 heteroatoms. The zero-order valence-corrected chi connectivity index (χ0v) is 15.4. The lowest BCUT2D eigenvalue weighted by Crippen LogP contribution is -2.58. The first-order chi connectivity index (χ1) is 13.8. The van der Waals surface area contributed by atoms with Gasteiger partial charge in [0, 0.05) is 16.5 Å². The van der Waals surface area contributed by atoms with E-state index in [9.17, 15) is 0 Å². The van der Waals surface area contributed by atoms with Gasteiger partial charge in [-0.25, -0.2) is 0 Å². The first kappa shape index (κ1) is 14.6. The van der Waals surface area contributed by atoms with Gasteiger partial charge in [-0.2, -0.15) is 0 Å². The number of ether oxygens (including phenoxy) is 1. The predicted octanol–water partition coefficient (Wildman–Crippen LogP) is 4.03. The van der Waals surface area contributed by atoms with E-state index in [1.54, 1.807) is 0 Å². The summed E-state index contributed by atoms with van der Waals surface area (Å²) in [6.07, 6.45) is 0. The van der Waals surface area contributed by atoms with Gasteiger partial charge < -0.3 is 9.30 Å². The van der Waals surface area contributed by atoms with Crippen LogP contribution in [0.3, 0.4) is 0 Å². The Morgan fingerprint density at radius 1 is 0.750 bits per heavy atom. The third-order valence-electron chi connectivity index (χ3n) is 6.31. The predicted molar refractivity (Wildman–Crippen MR) is 117 cm³/mol. The van der Waals surface area contributed by atoms with E-state index in [0.717, 1.165) is 11.5 Å². The van der Waals surface area contributed by atoms with Gasteiger partial charge in [0.25, 0.3) is 6.71 Å². The molecule has 130 valence electrons. The summed E-state index contributed by atoms with van der Waals surface area (Å²) in [6, 6.07) is 28.4. The number of rotatable bonds is 0. The highest BCUT2D eigenvalue weighted by Gasteiger charge is 2.40. The lowest BCUT2D eigenvalue weighted by atomic mass is 9.34. The Balaban J connectivity index is 1.75. The van der Waals surface area contributed by atoms with Gasteiger partial charge in [-0.3, -0.25) is 0 Å². The second-order valence-corrected chi connectivity index (χ2v) is 7.86. The van der Waals surface area contributed by atoms with Crippen molar-refractivity contribution in [3.8, 4) is 17.2 Å². The number of hydrogen-bond acceptors (Lipinski definition) is 1. The van der Waals surface area contributed by atoms with E-state index in [2.05, 4.69) is 90.4 Å². The van der Waals surface area contributed by atoms with Crippen molar-refractivity contribution < 1.29 is 4.74 Å². The largest absolute Gasteiger partial charge is 0.458 e. The zero-order valence-electron chi connectivity index (χ0n) is 15.4. The second kappa shape index (κ2) is 4.88. The Bertz CT molecular complexity index is 1460. The van der Waals surface area contributed by atoms with Crippen LogP contribution in [0.25, 0.3) is 27.5 Å². The van der Waals surface area contributed by atoms with Crippen molar-refractivity contribution >= 4 is 44.9 Å². The van der Waals surface area contributed by atoms with Crippen LogP contribution in [0.4, 0.5) is 0 Å². The summed E-state index contributed by atoms with van der Waals surface area (Å²) in [7, 11) is 0. The van der Waals surface area contributed by atoms with Crippen LogP contribution in [0.1, 0.15) is 5.56 Å². The van der Waals surface area contributed by atoms with Gasteiger partial charge in [-0.15, -0.1) is 0 Å². The van der Waals surface area contributed by atoms with Gasteiger partial charge in [0.15, 0.2) is 0 Å². The molecule has 4 aromatic carbocycles.